The zero-order valence-electron chi connectivity index (χ0n) is 22.7. The fourth-order valence-corrected chi connectivity index (χ4v) is 4.78. The number of benzene rings is 2. The highest BCUT2D eigenvalue weighted by Gasteiger charge is 2.17. The third-order valence-electron chi connectivity index (χ3n) is 5.77. The molecule has 38 heavy (non-hydrogen) atoms. The van der Waals surface area contributed by atoms with E-state index >= 15 is 0 Å². The van der Waals surface area contributed by atoms with Crippen LogP contribution in [0.15, 0.2) is 51.3 Å². The first kappa shape index (κ1) is 29.3. The van der Waals surface area contributed by atoms with Gasteiger partial charge in [-0.15, -0.1) is 0 Å². The average molecular weight is 560 g/mol. The molecule has 1 atom stereocenters. The predicted molar refractivity (Wildman–Crippen MR) is 152 cm³/mol. The van der Waals surface area contributed by atoms with Crippen molar-refractivity contribution in [3.8, 4) is 23.0 Å². The van der Waals surface area contributed by atoms with E-state index in [0.717, 1.165) is 16.0 Å². The Morgan fingerprint density at radius 3 is 2.32 bits per heavy atom. The Morgan fingerprint density at radius 1 is 1.03 bits per heavy atom. The van der Waals surface area contributed by atoms with Gasteiger partial charge in [0, 0.05) is 36.3 Å². The van der Waals surface area contributed by atoms with Gasteiger partial charge in [-0.05, 0) is 36.6 Å². The van der Waals surface area contributed by atoms with Gasteiger partial charge in [0.25, 0.3) is 5.95 Å². The highest BCUT2D eigenvalue weighted by atomic mass is 35.5. The van der Waals surface area contributed by atoms with Gasteiger partial charge < -0.3 is 29.6 Å². The van der Waals surface area contributed by atoms with Gasteiger partial charge in [-0.1, -0.05) is 43.3 Å². The second kappa shape index (κ2) is 13.5. The maximum Gasteiger partial charge on any atom is 0.252 e. The number of halogens is 1. The van der Waals surface area contributed by atoms with Crippen molar-refractivity contribution in [2.24, 2.45) is 10.7 Å². The molecule has 0 aliphatic heterocycles. The van der Waals surface area contributed by atoms with Gasteiger partial charge in [-0.2, -0.15) is 4.98 Å². The Balaban J connectivity index is 1.72. The highest BCUT2D eigenvalue weighted by molar-refractivity contribution is 7.99. The molecule has 2 N–H and O–H groups in total. The Bertz CT molecular complexity index is 1270. The van der Waals surface area contributed by atoms with Crippen LogP contribution in [0.25, 0.3) is 0 Å². The molecule has 3 aromatic rings. The third-order valence-corrected chi connectivity index (χ3v) is 7.26. The molecule has 0 radical (unpaired) electrons. The first-order valence-corrected chi connectivity index (χ1v) is 13.2. The van der Waals surface area contributed by atoms with Gasteiger partial charge in [0.2, 0.25) is 0 Å². The minimum absolute atomic E-state index is 0.240. The number of rotatable bonds is 12. The van der Waals surface area contributed by atoms with E-state index < -0.39 is 0 Å². The van der Waals surface area contributed by atoms with Crippen LogP contribution in [-0.2, 0) is 6.54 Å². The molecule has 0 fully saturated rings. The summed E-state index contributed by atoms with van der Waals surface area (Å²) in [7, 11) is 6.68. The minimum Gasteiger partial charge on any atom is -0.496 e. The van der Waals surface area contributed by atoms with E-state index in [-0.39, 0.29) is 18.1 Å². The normalized spacial score (nSPS) is 12.1. The molecule has 1 aromatic heterocycles. The summed E-state index contributed by atoms with van der Waals surface area (Å²) in [6.45, 7) is 6.53. The lowest BCUT2D eigenvalue weighted by molar-refractivity contribution is 0.116. The average Bonchev–Trinajstić information content (AvgIpc) is 2.92. The summed E-state index contributed by atoms with van der Waals surface area (Å²) < 4.78 is 22.3. The molecule has 0 saturated heterocycles. The number of hydrogen-bond donors (Lipinski definition) is 1. The van der Waals surface area contributed by atoms with Crippen molar-refractivity contribution < 1.29 is 18.9 Å². The highest BCUT2D eigenvalue weighted by Crippen LogP contribution is 2.42. The summed E-state index contributed by atoms with van der Waals surface area (Å²) in [5.41, 5.74) is 7.76. The van der Waals surface area contributed by atoms with Gasteiger partial charge >= 0.3 is 0 Å². The van der Waals surface area contributed by atoms with Crippen molar-refractivity contribution in [1.29, 1.82) is 0 Å². The van der Waals surface area contributed by atoms with Crippen molar-refractivity contribution in [1.82, 2.24) is 14.9 Å². The zero-order valence-corrected chi connectivity index (χ0v) is 24.3. The maximum atomic E-state index is 6.52. The van der Waals surface area contributed by atoms with Crippen LogP contribution < -0.4 is 24.7 Å². The van der Waals surface area contributed by atoms with E-state index in [1.165, 1.54) is 11.8 Å². The predicted octanol–water partition coefficient (Wildman–Crippen LogP) is 5.91. The number of methoxy groups -OCH3 is 3. The Labute approximate surface area is 233 Å². The quantitative estimate of drug-likeness (QED) is 0.125. The van der Waals surface area contributed by atoms with Crippen LogP contribution >= 0.6 is 23.4 Å². The van der Waals surface area contributed by atoms with Crippen LogP contribution in [0, 0.1) is 0 Å². The molecule has 0 amide bonds. The van der Waals surface area contributed by atoms with Gasteiger partial charge in [-0.25, -0.2) is 9.98 Å². The zero-order chi connectivity index (χ0) is 27.8. The smallest absolute Gasteiger partial charge is 0.252 e. The monoisotopic (exact) mass is 559 g/mol. The van der Waals surface area contributed by atoms with E-state index in [0.29, 0.717) is 39.6 Å². The topological polar surface area (TPSA) is 104 Å². The minimum atomic E-state index is -0.322. The van der Waals surface area contributed by atoms with Crippen LogP contribution in [0.1, 0.15) is 37.8 Å². The molecule has 1 unspecified atom stereocenters. The molecule has 9 nitrogen and oxygen atoms in total. The van der Waals surface area contributed by atoms with E-state index in [1.807, 2.05) is 44.3 Å². The maximum absolute atomic E-state index is 6.52. The van der Waals surface area contributed by atoms with E-state index in [1.54, 1.807) is 38.8 Å². The standard InChI is InChI=1S/C27H34ClN5O4S/c1-16(2)20-11-22(35-6)23(36-7)12-24(20)38-25-14-30-27(32-26(25)28)31-15-33(4)17(3)37-19-9-8-18(13-29)21(10-19)34-5/h8-12,14-17H,13,29H2,1-7H3. The molecule has 1 heterocycles. The molecular weight excluding hydrogens is 526 g/mol. The van der Waals surface area contributed by atoms with Crippen molar-refractivity contribution in [2.75, 3.05) is 28.4 Å². The lowest BCUT2D eigenvalue weighted by atomic mass is 10.0. The molecule has 204 valence electrons. The van der Waals surface area contributed by atoms with Crippen LogP contribution in [0.5, 0.6) is 23.0 Å². The fraction of sp³-hybridized carbons (Fsp3) is 0.370. The summed E-state index contributed by atoms with van der Waals surface area (Å²) in [5.74, 6) is 3.17. The summed E-state index contributed by atoms with van der Waals surface area (Å²) in [4.78, 5) is 16.6. The van der Waals surface area contributed by atoms with E-state index in [2.05, 4.69) is 28.8 Å². The van der Waals surface area contributed by atoms with Crippen LogP contribution in [0.3, 0.4) is 0 Å². The number of nitrogens with zero attached hydrogens (tertiary/aromatic N) is 4. The van der Waals surface area contributed by atoms with Crippen molar-refractivity contribution in [2.45, 2.75) is 49.3 Å². The molecule has 0 aliphatic carbocycles. The van der Waals surface area contributed by atoms with Gasteiger partial charge in [0.1, 0.15) is 16.7 Å². The number of ether oxygens (including phenoxy) is 4. The molecule has 0 saturated carbocycles. The van der Waals surface area contributed by atoms with Crippen molar-refractivity contribution >= 4 is 35.6 Å². The molecule has 2 aromatic carbocycles. The van der Waals surface area contributed by atoms with Gasteiger partial charge in [0.05, 0.1) is 32.6 Å². The molecule has 11 heteroatoms. The lowest BCUT2D eigenvalue weighted by Gasteiger charge is -2.23. The van der Waals surface area contributed by atoms with E-state index in [9.17, 15) is 0 Å². The number of aromatic nitrogens is 2. The Kier molecular flexibility index (Phi) is 10.5. The summed E-state index contributed by atoms with van der Waals surface area (Å²) >= 11 is 7.99. The first-order valence-electron chi connectivity index (χ1n) is 12.0. The largest absolute Gasteiger partial charge is 0.496 e. The summed E-state index contributed by atoms with van der Waals surface area (Å²) in [6, 6.07) is 9.48. The Morgan fingerprint density at radius 2 is 1.71 bits per heavy atom. The summed E-state index contributed by atoms with van der Waals surface area (Å²) in [5, 5.41) is 0.306. The second-order valence-electron chi connectivity index (χ2n) is 8.63. The molecule has 0 aliphatic rings. The molecule has 0 spiro atoms. The third kappa shape index (κ3) is 7.21. The first-order chi connectivity index (χ1) is 18.2. The number of hydrogen-bond acceptors (Lipinski definition) is 9. The van der Waals surface area contributed by atoms with Crippen LogP contribution in [-0.4, -0.2) is 55.8 Å². The van der Waals surface area contributed by atoms with Crippen molar-refractivity contribution in [3.05, 3.63) is 52.8 Å². The molecule has 0 bridgehead atoms. The molecule has 3 rings (SSSR count). The Hall–Kier alpha value is -3.21. The lowest BCUT2D eigenvalue weighted by Crippen LogP contribution is -2.32. The summed E-state index contributed by atoms with van der Waals surface area (Å²) in [6.07, 6.45) is 2.94. The SMILES string of the molecule is COc1cc(OC(C)N(C)C=Nc2ncc(Sc3cc(OC)c(OC)cc3C(C)C)c(Cl)n2)ccc1CN. The molecular formula is C27H34ClN5O4S. The second-order valence-corrected chi connectivity index (χ2v) is 10.1. The van der Waals surface area contributed by atoms with E-state index in [4.69, 9.17) is 36.3 Å². The number of nitrogens with two attached hydrogens (primary N) is 1. The van der Waals surface area contributed by atoms with Gasteiger partial charge in [0.15, 0.2) is 17.7 Å². The fourth-order valence-electron chi connectivity index (χ4n) is 3.49. The van der Waals surface area contributed by atoms with Crippen LogP contribution in [0.2, 0.25) is 5.15 Å². The van der Waals surface area contributed by atoms with Crippen LogP contribution in [0.4, 0.5) is 5.95 Å². The van der Waals surface area contributed by atoms with Gasteiger partial charge in [-0.3, -0.25) is 0 Å². The van der Waals surface area contributed by atoms with Crippen molar-refractivity contribution in [3.63, 3.8) is 0 Å². The number of aliphatic imine (C=N–C) groups is 1.